The van der Waals surface area contributed by atoms with Gasteiger partial charge < -0.3 is 15.0 Å². The number of likely N-dealkylation sites (N-methyl/N-ethyl adjacent to an activating group) is 1. The predicted octanol–water partition coefficient (Wildman–Crippen LogP) is 2.79. The lowest BCUT2D eigenvalue weighted by molar-refractivity contribution is -0.168. The first-order chi connectivity index (χ1) is 13.9. The number of hydrogen-bond acceptors (Lipinski definition) is 4. The molecule has 30 heavy (non-hydrogen) atoms. The molecule has 1 spiro atoms. The Kier molecular flexibility index (Phi) is 5.00. The van der Waals surface area contributed by atoms with Gasteiger partial charge in [-0.25, -0.2) is 4.79 Å². The second-order valence-corrected chi connectivity index (χ2v) is 11.6. The molecular weight excluding hydrogens is 382 g/mol. The van der Waals surface area contributed by atoms with E-state index < -0.39 is 11.6 Å². The number of imide groups is 1. The van der Waals surface area contributed by atoms with Crippen molar-refractivity contribution in [3.63, 3.8) is 0 Å². The highest BCUT2D eigenvalue weighted by Gasteiger charge is 2.62. The summed E-state index contributed by atoms with van der Waals surface area (Å²) in [6, 6.07) is -0.347. The molecule has 0 aromatic heterocycles. The monoisotopic (exact) mass is 419 g/mol. The van der Waals surface area contributed by atoms with Crippen molar-refractivity contribution in [1.82, 2.24) is 15.1 Å². The topological polar surface area (TPSA) is 79.0 Å². The van der Waals surface area contributed by atoms with Crippen LogP contribution in [0.5, 0.6) is 0 Å². The fourth-order valence-electron chi connectivity index (χ4n) is 6.62. The van der Waals surface area contributed by atoms with Gasteiger partial charge in [0.25, 0.3) is 5.91 Å². The molecule has 1 N–H and O–H groups in total. The van der Waals surface area contributed by atoms with Crippen molar-refractivity contribution < 1.29 is 19.1 Å². The summed E-state index contributed by atoms with van der Waals surface area (Å²) in [7, 11) is 1.80. The van der Waals surface area contributed by atoms with Crippen LogP contribution < -0.4 is 5.32 Å². The maximum atomic E-state index is 13.2. The minimum atomic E-state index is -0.822. The molecule has 0 aromatic rings. The van der Waals surface area contributed by atoms with Crippen LogP contribution in [0.3, 0.4) is 0 Å². The van der Waals surface area contributed by atoms with Crippen molar-refractivity contribution in [3.8, 4) is 0 Å². The number of fused-ring (bicyclic) bond motifs is 1. The van der Waals surface area contributed by atoms with Crippen LogP contribution in [0.4, 0.5) is 4.79 Å². The molecule has 2 saturated carbocycles. The van der Waals surface area contributed by atoms with Gasteiger partial charge in [-0.05, 0) is 43.4 Å². The van der Waals surface area contributed by atoms with Crippen molar-refractivity contribution in [2.75, 3.05) is 20.2 Å². The molecule has 0 aromatic carbocycles. The Morgan fingerprint density at radius 2 is 1.83 bits per heavy atom. The smallest absolute Gasteiger partial charge is 0.325 e. The fourth-order valence-corrected chi connectivity index (χ4v) is 6.62. The van der Waals surface area contributed by atoms with E-state index in [1.165, 1.54) is 0 Å². The molecule has 4 amide bonds. The van der Waals surface area contributed by atoms with Crippen molar-refractivity contribution in [2.24, 2.45) is 22.7 Å². The molecule has 4 fully saturated rings. The largest absolute Gasteiger partial charge is 0.377 e. The summed E-state index contributed by atoms with van der Waals surface area (Å²) >= 11 is 0. The van der Waals surface area contributed by atoms with E-state index in [-0.39, 0.29) is 41.3 Å². The standard InChI is InChI=1S/C23H37N3O4/c1-21(2,3)14-7-10-23(11-8-14)19(28)26(20(29)24-23)13-16(27)25(6)17-15-9-12-30-18(15)22(17,4)5/h14-15,17-18H,7-13H2,1-6H3,(H,24,29). The van der Waals surface area contributed by atoms with Crippen LogP contribution in [0.15, 0.2) is 0 Å². The van der Waals surface area contributed by atoms with E-state index in [0.29, 0.717) is 24.7 Å². The average molecular weight is 420 g/mol. The highest BCUT2D eigenvalue weighted by atomic mass is 16.5. The third kappa shape index (κ3) is 3.15. The highest BCUT2D eigenvalue weighted by molar-refractivity contribution is 6.09. The molecule has 2 aliphatic carbocycles. The van der Waals surface area contributed by atoms with Crippen LogP contribution in [0.25, 0.3) is 0 Å². The van der Waals surface area contributed by atoms with Gasteiger partial charge in [-0.15, -0.1) is 0 Å². The Morgan fingerprint density at radius 1 is 1.20 bits per heavy atom. The number of nitrogens with zero attached hydrogens (tertiary/aromatic N) is 2. The van der Waals surface area contributed by atoms with Crippen LogP contribution in [0.2, 0.25) is 0 Å². The highest BCUT2D eigenvalue weighted by Crippen LogP contribution is 2.54. The molecule has 3 unspecified atom stereocenters. The van der Waals surface area contributed by atoms with E-state index in [1.54, 1.807) is 11.9 Å². The van der Waals surface area contributed by atoms with Crippen LogP contribution in [-0.4, -0.2) is 65.5 Å². The molecule has 4 rings (SSSR count). The van der Waals surface area contributed by atoms with Crippen molar-refractivity contribution >= 4 is 17.8 Å². The zero-order valence-corrected chi connectivity index (χ0v) is 19.3. The third-order valence-corrected chi connectivity index (χ3v) is 8.45. The Morgan fingerprint density at radius 3 is 2.43 bits per heavy atom. The fraction of sp³-hybridized carbons (Fsp3) is 0.870. The van der Waals surface area contributed by atoms with Crippen LogP contribution in [0, 0.1) is 22.7 Å². The zero-order chi connectivity index (χ0) is 22.1. The van der Waals surface area contributed by atoms with E-state index in [9.17, 15) is 14.4 Å². The van der Waals surface area contributed by atoms with Gasteiger partial charge in [0.1, 0.15) is 12.1 Å². The zero-order valence-electron chi connectivity index (χ0n) is 19.3. The van der Waals surface area contributed by atoms with Gasteiger partial charge in [-0.3, -0.25) is 14.5 Å². The van der Waals surface area contributed by atoms with E-state index in [4.69, 9.17) is 4.74 Å². The molecule has 3 atom stereocenters. The number of rotatable bonds is 3. The number of ether oxygens (including phenoxy) is 1. The number of hydrogen-bond donors (Lipinski definition) is 1. The summed E-state index contributed by atoms with van der Waals surface area (Å²) < 4.78 is 5.84. The molecule has 2 aliphatic heterocycles. The number of amides is 4. The Hall–Kier alpha value is -1.63. The number of urea groups is 1. The van der Waals surface area contributed by atoms with E-state index in [2.05, 4.69) is 39.9 Å². The summed E-state index contributed by atoms with van der Waals surface area (Å²) in [6.45, 7) is 11.5. The Balaban J connectivity index is 1.41. The van der Waals surface area contributed by atoms with Gasteiger partial charge in [0.15, 0.2) is 0 Å². The third-order valence-electron chi connectivity index (χ3n) is 8.45. The molecule has 168 valence electrons. The molecule has 7 heteroatoms. The van der Waals surface area contributed by atoms with Crippen LogP contribution >= 0.6 is 0 Å². The summed E-state index contributed by atoms with van der Waals surface area (Å²) in [5, 5.41) is 2.94. The molecular formula is C23H37N3O4. The molecule has 7 nitrogen and oxygen atoms in total. The van der Waals surface area contributed by atoms with Gasteiger partial charge in [0.2, 0.25) is 5.91 Å². The lowest BCUT2D eigenvalue weighted by Crippen LogP contribution is -2.67. The first-order valence-electron chi connectivity index (χ1n) is 11.4. The van der Waals surface area contributed by atoms with Crippen LogP contribution in [-0.2, 0) is 14.3 Å². The van der Waals surface area contributed by atoms with E-state index >= 15 is 0 Å². The van der Waals surface area contributed by atoms with Crippen LogP contribution in [0.1, 0.15) is 66.7 Å². The van der Waals surface area contributed by atoms with E-state index in [1.807, 2.05) is 0 Å². The molecule has 0 radical (unpaired) electrons. The van der Waals surface area contributed by atoms with Gasteiger partial charge in [-0.1, -0.05) is 34.6 Å². The second kappa shape index (κ2) is 6.94. The first kappa shape index (κ1) is 21.6. The molecule has 2 heterocycles. The second-order valence-electron chi connectivity index (χ2n) is 11.6. The maximum absolute atomic E-state index is 13.2. The van der Waals surface area contributed by atoms with Crippen molar-refractivity contribution in [1.29, 1.82) is 0 Å². The first-order valence-corrected chi connectivity index (χ1v) is 11.4. The Bertz CT molecular complexity index is 748. The summed E-state index contributed by atoms with van der Waals surface area (Å²) in [6.07, 6.45) is 4.27. The normalized spacial score (nSPS) is 32.7. The lowest BCUT2D eigenvalue weighted by Gasteiger charge is -2.57. The van der Waals surface area contributed by atoms with Gasteiger partial charge >= 0.3 is 6.03 Å². The SMILES string of the molecule is CN(C(=O)CN1C(=O)NC2(CCC(C(C)(C)C)CC2)C1=O)C1C2CCOC2C1(C)C. The Labute approximate surface area is 179 Å². The molecule has 4 aliphatic rings. The quantitative estimate of drug-likeness (QED) is 0.714. The van der Waals surface area contributed by atoms with Crippen molar-refractivity contribution in [3.05, 3.63) is 0 Å². The minimum absolute atomic E-state index is 0.0782. The number of carbonyl (C=O) groups excluding carboxylic acids is 3. The minimum Gasteiger partial charge on any atom is -0.377 e. The summed E-state index contributed by atoms with van der Waals surface area (Å²) in [5.41, 5.74) is -0.740. The van der Waals surface area contributed by atoms with Crippen molar-refractivity contribution in [2.45, 2.75) is 84.4 Å². The van der Waals surface area contributed by atoms with Gasteiger partial charge in [-0.2, -0.15) is 0 Å². The van der Waals surface area contributed by atoms with E-state index in [0.717, 1.165) is 30.8 Å². The molecule has 2 saturated heterocycles. The summed E-state index contributed by atoms with van der Waals surface area (Å²) in [4.78, 5) is 41.8. The van der Waals surface area contributed by atoms with Gasteiger partial charge in [0.05, 0.1) is 6.10 Å². The lowest BCUT2D eigenvalue weighted by atomic mass is 9.57. The predicted molar refractivity (Wildman–Crippen MR) is 113 cm³/mol. The number of carbonyl (C=O) groups is 3. The maximum Gasteiger partial charge on any atom is 0.325 e. The summed E-state index contributed by atoms with van der Waals surface area (Å²) in [5.74, 6) is 0.479. The molecule has 0 bridgehead atoms. The van der Waals surface area contributed by atoms with Gasteiger partial charge in [0, 0.05) is 31.0 Å². The average Bonchev–Trinajstić information content (AvgIpc) is 3.18. The number of nitrogens with one attached hydrogen (secondary N) is 1.